The van der Waals surface area contributed by atoms with E-state index < -0.39 is 0 Å². The third-order valence-electron chi connectivity index (χ3n) is 4.32. The Morgan fingerprint density at radius 1 is 1.19 bits per heavy atom. The topological polar surface area (TPSA) is 71.7 Å². The van der Waals surface area contributed by atoms with E-state index >= 15 is 0 Å². The van der Waals surface area contributed by atoms with Gasteiger partial charge in [0.05, 0.1) is 18.8 Å². The molecule has 0 amide bonds. The second-order valence-corrected chi connectivity index (χ2v) is 6.25. The van der Waals surface area contributed by atoms with Gasteiger partial charge in [-0.05, 0) is 31.9 Å². The van der Waals surface area contributed by atoms with Gasteiger partial charge in [-0.3, -0.25) is 4.99 Å². The van der Waals surface area contributed by atoms with E-state index in [0.29, 0.717) is 31.6 Å². The summed E-state index contributed by atoms with van der Waals surface area (Å²) in [5.41, 5.74) is 2.25. The summed E-state index contributed by atoms with van der Waals surface area (Å²) in [6, 6.07) is 10.1. The van der Waals surface area contributed by atoms with Crippen LogP contribution in [0.1, 0.15) is 49.6 Å². The quantitative estimate of drug-likeness (QED) is 0.407. The molecule has 0 bridgehead atoms. The van der Waals surface area contributed by atoms with Gasteiger partial charge < -0.3 is 19.9 Å². The van der Waals surface area contributed by atoms with Crippen LogP contribution in [-0.2, 0) is 6.54 Å². The molecular formula is C20H30N4O2. The summed E-state index contributed by atoms with van der Waals surface area (Å²) in [6.07, 6.45) is 2.14. The molecule has 0 atom stereocenters. The summed E-state index contributed by atoms with van der Waals surface area (Å²) in [4.78, 5) is 4.21. The molecule has 2 N–H and O–H groups in total. The number of benzene rings is 1. The molecule has 0 fully saturated rings. The van der Waals surface area contributed by atoms with Gasteiger partial charge >= 0.3 is 0 Å². The van der Waals surface area contributed by atoms with Crippen LogP contribution >= 0.6 is 0 Å². The van der Waals surface area contributed by atoms with Crippen LogP contribution in [-0.4, -0.2) is 31.3 Å². The van der Waals surface area contributed by atoms with Crippen LogP contribution in [0.25, 0.3) is 0 Å². The van der Waals surface area contributed by atoms with Gasteiger partial charge in [0.1, 0.15) is 12.4 Å². The molecule has 0 saturated carbocycles. The summed E-state index contributed by atoms with van der Waals surface area (Å²) < 4.78 is 11.1. The van der Waals surface area contributed by atoms with Crippen LogP contribution in [0, 0.1) is 6.92 Å². The van der Waals surface area contributed by atoms with E-state index in [1.54, 1.807) is 7.05 Å². The van der Waals surface area contributed by atoms with Gasteiger partial charge in [0, 0.05) is 19.0 Å². The van der Waals surface area contributed by atoms with Crippen molar-refractivity contribution >= 4 is 5.96 Å². The molecule has 0 aliphatic rings. The van der Waals surface area contributed by atoms with Gasteiger partial charge in [-0.15, -0.1) is 0 Å². The van der Waals surface area contributed by atoms with Crippen molar-refractivity contribution in [3.8, 4) is 5.75 Å². The van der Waals surface area contributed by atoms with Crippen molar-refractivity contribution in [3.05, 3.63) is 47.3 Å². The minimum Gasteiger partial charge on any atom is -0.492 e. The van der Waals surface area contributed by atoms with E-state index in [2.05, 4.69) is 41.6 Å². The first-order valence-corrected chi connectivity index (χ1v) is 9.25. The smallest absolute Gasteiger partial charge is 0.191 e. The maximum absolute atomic E-state index is 5.70. The third kappa shape index (κ3) is 6.10. The zero-order valence-corrected chi connectivity index (χ0v) is 16.2. The number of ether oxygens (including phenoxy) is 1. The lowest BCUT2D eigenvalue weighted by molar-refractivity contribution is 0.321. The fraction of sp³-hybridized carbons (Fsp3) is 0.500. The minimum atomic E-state index is 0.462. The highest BCUT2D eigenvalue weighted by Gasteiger charge is 2.13. The average Bonchev–Trinajstić information content (AvgIpc) is 3.12. The molecule has 1 heterocycles. The normalized spacial score (nSPS) is 11.7. The maximum Gasteiger partial charge on any atom is 0.191 e. The van der Waals surface area contributed by atoms with E-state index in [1.165, 1.54) is 5.56 Å². The van der Waals surface area contributed by atoms with Crippen LogP contribution in [0.5, 0.6) is 5.75 Å². The largest absolute Gasteiger partial charge is 0.492 e. The Hall–Kier alpha value is -2.50. The zero-order chi connectivity index (χ0) is 18.8. The van der Waals surface area contributed by atoms with Gasteiger partial charge in [0.25, 0.3) is 0 Å². The lowest BCUT2D eigenvalue weighted by atomic mass is 9.99. The number of aryl methyl sites for hydroxylation is 1. The Kier molecular flexibility index (Phi) is 7.99. The van der Waals surface area contributed by atoms with Crippen molar-refractivity contribution < 1.29 is 9.26 Å². The number of aromatic nitrogens is 1. The van der Waals surface area contributed by atoms with E-state index in [9.17, 15) is 0 Å². The summed E-state index contributed by atoms with van der Waals surface area (Å²) in [5.74, 6) is 2.85. The SMILES string of the molecule is CCC(CC)c1cc(CNC(=NC)NCCOc2ccc(C)cc2)on1. The summed E-state index contributed by atoms with van der Waals surface area (Å²) in [6.45, 7) is 8.17. The lowest BCUT2D eigenvalue weighted by Gasteiger charge is -2.11. The molecule has 1 aromatic heterocycles. The number of rotatable bonds is 9. The Bertz CT molecular complexity index is 675. The molecule has 2 aromatic rings. The molecule has 0 unspecified atom stereocenters. The van der Waals surface area contributed by atoms with Crippen molar-refractivity contribution in [2.24, 2.45) is 4.99 Å². The van der Waals surface area contributed by atoms with Gasteiger partial charge in [0.2, 0.25) is 0 Å². The van der Waals surface area contributed by atoms with Crippen LogP contribution < -0.4 is 15.4 Å². The first-order chi connectivity index (χ1) is 12.7. The van der Waals surface area contributed by atoms with E-state index in [4.69, 9.17) is 9.26 Å². The third-order valence-corrected chi connectivity index (χ3v) is 4.32. The summed E-state index contributed by atoms with van der Waals surface area (Å²) in [5, 5.41) is 10.6. The number of hydrogen-bond donors (Lipinski definition) is 2. The predicted octanol–water partition coefficient (Wildman–Crippen LogP) is 3.63. The molecule has 6 heteroatoms. The van der Waals surface area contributed by atoms with Gasteiger partial charge in [-0.25, -0.2) is 0 Å². The Labute approximate surface area is 156 Å². The first-order valence-electron chi connectivity index (χ1n) is 9.25. The first kappa shape index (κ1) is 19.8. The van der Waals surface area contributed by atoms with Crippen LogP contribution in [0.4, 0.5) is 0 Å². The van der Waals surface area contributed by atoms with Crippen molar-refractivity contribution in [2.75, 3.05) is 20.2 Å². The zero-order valence-electron chi connectivity index (χ0n) is 16.2. The molecule has 0 aliphatic carbocycles. The van der Waals surface area contributed by atoms with E-state index in [0.717, 1.165) is 30.0 Å². The molecule has 0 saturated heterocycles. The number of guanidine groups is 1. The monoisotopic (exact) mass is 358 g/mol. The van der Waals surface area contributed by atoms with Crippen LogP contribution in [0.2, 0.25) is 0 Å². The predicted molar refractivity (Wildman–Crippen MR) is 105 cm³/mol. The number of aliphatic imine (C=N–C) groups is 1. The van der Waals surface area contributed by atoms with Crippen molar-refractivity contribution in [2.45, 2.75) is 46.1 Å². The fourth-order valence-corrected chi connectivity index (χ4v) is 2.68. The molecular weight excluding hydrogens is 328 g/mol. The molecule has 0 spiro atoms. The number of nitrogens with one attached hydrogen (secondary N) is 2. The van der Waals surface area contributed by atoms with Crippen LogP contribution in [0.3, 0.4) is 0 Å². The second-order valence-electron chi connectivity index (χ2n) is 6.25. The average molecular weight is 358 g/mol. The highest BCUT2D eigenvalue weighted by atomic mass is 16.5. The molecule has 26 heavy (non-hydrogen) atoms. The van der Waals surface area contributed by atoms with Crippen molar-refractivity contribution in [1.29, 1.82) is 0 Å². The highest BCUT2D eigenvalue weighted by Crippen LogP contribution is 2.22. The number of hydrogen-bond acceptors (Lipinski definition) is 4. The van der Waals surface area contributed by atoms with Gasteiger partial charge in [-0.1, -0.05) is 36.7 Å². The Morgan fingerprint density at radius 2 is 1.92 bits per heavy atom. The van der Waals surface area contributed by atoms with Gasteiger partial charge in [-0.2, -0.15) is 0 Å². The molecule has 1 aromatic carbocycles. The molecule has 142 valence electrons. The molecule has 6 nitrogen and oxygen atoms in total. The van der Waals surface area contributed by atoms with Crippen molar-refractivity contribution in [1.82, 2.24) is 15.8 Å². The number of nitrogens with zero attached hydrogens (tertiary/aromatic N) is 2. The molecule has 2 rings (SSSR count). The summed E-state index contributed by atoms with van der Waals surface area (Å²) in [7, 11) is 1.74. The molecule has 0 radical (unpaired) electrons. The minimum absolute atomic E-state index is 0.462. The van der Waals surface area contributed by atoms with E-state index in [1.807, 2.05) is 30.3 Å². The van der Waals surface area contributed by atoms with Crippen molar-refractivity contribution in [3.63, 3.8) is 0 Å². The van der Waals surface area contributed by atoms with Gasteiger partial charge in [0.15, 0.2) is 11.7 Å². The Morgan fingerprint density at radius 3 is 2.58 bits per heavy atom. The fourth-order valence-electron chi connectivity index (χ4n) is 2.68. The maximum atomic E-state index is 5.70. The highest BCUT2D eigenvalue weighted by molar-refractivity contribution is 5.79. The standard InChI is InChI=1S/C20H30N4O2/c1-5-16(6-2)19-13-18(26-24-19)14-23-20(21-4)22-11-12-25-17-9-7-15(3)8-10-17/h7-10,13,16H,5-6,11-12,14H2,1-4H3,(H2,21,22,23). The second kappa shape index (κ2) is 10.5. The van der Waals surface area contributed by atoms with E-state index in [-0.39, 0.29) is 0 Å². The van der Waals surface area contributed by atoms with Crippen LogP contribution in [0.15, 0.2) is 39.8 Å². The summed E-state index contributed by atoms with van der Waals surface area (Å²) >= 11 is 0. The molecule has 0 aliphatic heterocycles. The lowest BCUT2D eigenvalue weighted by Crippen LogP contribution is -2.38. The Balaban J connectivity index is 1.71.